The number of nitrogens with one attached hydrogen (secondary N) is 1. The van der Waals surface area contributed by atoms with Gasteiger partial charge in [-0.15, -0.1) is 0 Å². The lowest BCUT2D eigenvalue weighted by molar-refractivity contribution is -0.140. The summed E-state index contributed by atoms with van der Waals surface area (Å²) in [5.74, 6) is 2.11. The summed E-state index contributed by atoms with van der Waals surface area (Å²) in [6.45, 7) is 7.20. The fourth-order valence-electron chi connectivity index (χ4n) is 4.06. The predicted octanol–water partition coefficient (Wildman–Crippen LogP) is 1.22. The van der Waals surface area contributed by atoms with E-state index in [-0.39, 0.29) is 11.3 Å². The Morgan fingerprint density at radius 2 is 2.21 bits per heavy atom. The summed E-state index contributed by atoms with van der Waals surface area (Å²) >= 11 is 0. The van der Waals surface area contributed by atoms with E-state index in [1.54, 1.807) is 7.11 Å². The normalized spacial score (nSPS) is 25.6. The molecule has 2 fully saturated rings. The Morgan fingerprint density at radius 3 is 2.96 bits per heavy atom. The second-order valence-electron chi connectivity index (χ2n) is 7.17. The Balaban J connectivity index is 1.62. The first-order valence-electron chi connectivity index (χ1n) is 9.03. The molecular formula is C17H29N5O2. The van der Waals surface area contributed by atoms with Crippen molar-refractivity contribution in [2.75, 3.05) is 39.9 Å². The molecular weight excluding hydrogens is 306 g/mol. The van der Waals surface area contributed by atoms with Crippen molar-refractivity contribution in [1.29, 1.82) is 0 Å². The molecule has 1 amide bonds. The Hall–Kier alpha value is -1.47. The molecule has 0 unspecified atom stereocenters. The van der Waals surface area contributed by atoms with Gasteiger partial charge in [-0.1, -0.05) is 6.92 Å². The molecule has 0 aromatic carbocycles. The van der Waals surface area contributed by atoms with Gasteiger partial charge < -0.3 is 9.64 Å². The molecule has 1 N–H and O–H groups in total. The van der Waals surface area contributed by atoms with Crippen LogP contribution < -0.4 is 0 Å². The third-order valence-corrected chi connectivity index (χ3v) is 5.32. The molecule has 0 aliphatic carbocycles. The first-order valence-corrected chi connectivity index (χ1v) is 9.03. The monoisotopic (exact) mass is 335 g/mol. The number of hydrogen-bond donors (Lipinski definition) is 1. The lowest BCUT2D eigenvalue weighted by atomic mass is 9.73. The van der Waals surface area contributed by atoms with Gasteiger partial charge in [0.1, 0.15) is 11.6 Å². The van der Waals surface area contributed by atoms with Crippen molar-refractivity contribution in [3.8, 4) is 0 Å². The number of aryl methyl sites for hydroxylation is 1. The minimum absolute atomic E-state index is 0.230. The van der Waals surface area contributed by atoms with Crippen LogP contribution in [-0.4, -0.2) is 70.8 Å². The maximum absolute atomic E-state index is 12.2. The molecule has 3 rings (SSSR count). The van der Waals surface area contributed by atoms with Crippen molar-refractivity contribution < 1.29 is 9.53 Å². The predicted molar refractivity (Wildman–Crippen MR) is 90.4 cm³/mol. The van der Waals surface area contributed by atoms with Crippen molar-refractivity contribution >= 4 is 5.91 Å². The smallest absolute Gasteiger partial charge is 0.222 e. The summed E-state index contributed by atoms with van der Waals surface area (Å²) < 4.78 is 5.16. The summed E-state index contributed by atoms with van der Waals surface area (Å²) in [7, 11) is 1.69. The van der Waals surface area contributed by atoms with E-state index in [0.717, 1.165) is 50.7 Å². The maximum Gasteiger partial charge on any atom is 0.222 e. The van der Waals surface area contributed by atoms with E-state index in [4.69, 9.17) is 4.74 Å². The van der Waals surface area contributed by atoms with Gasteiger partial charge in [0.25, 0.3) is 0 Å². The second kappa shape index (κ2) is 7.61. The summed E-state index contributed by atoms with van der Waals surface area (Å²) in [5, 5.41) is 7.29. The van der Waals surface area contributed by atoms with E-state index < -0.39 is 0 Å². The number of carbonyl (C=O) groups is 1. The van der Waals surface area contributed by atoms with Crippen LogP contribution >= 0.6 is 0 Å². The van der Waals surface area contributed by atoms with Gasteiger partial charge in [0.05, 0.1) is 13.2 Å². The van der Waals surface area contributed by atoms with Crippen molar-refractivity contribution in [3.05, 3.63) is 11.6 Å². The third kappa shape index (κ3) is 3.95. The summed E-state index contributed by atoms with van der Waals surface area (Å²) in [4.78, 5) is 21.2. The highest BCUT2D eigenvalue weighted by molar-refractivity contribution is 5.77. The molecule has 2 aliphatic rings. The van der Waals surface area contributed by atoms with Gasteiger partial charge in [0, 0.05) is 45.0 Å². The number of hydrogen-bond acceptors (Lipinski definition) is 5. The number of carbonyl (C=O) groups excluding carboxylic acids is 1. The first kappa shape index (κ1) is 17.4. The average molecular weight is 335 g/mol. The number of aromatic amines is 1. The lowest BCUT2D eigenvalue weighted by Crippen LogP contribution is -2.54. The van der Waals surface area contributed by atoms with Crippen LogP contribution in [0, 0.1) is 5.41 Å². The van der Waals surface area contributed by atoms with E-state index in [1.807, 2.05) is 4.90 Å². The SMILES string of the molecule is CCc1n[nH]c(CN2CCC[C@@]3(CCC(=O)N(CCOC)C3)C2)n1. The Labute approximate surface area is 143 Å². The van der Waals surface area contributed by atoms with E-state index in [1.165, 1.54) is 12.8 Å². The number of rotatable bonds is 6. The number of ether oxygens (including phenoxy) is 1. The molecule has 24 heavy (non-hydrogen) atoms. The zero-order chi connectivity index (χ0) is 17.0. The lowest BCUT2D eigenvalue weighted by Gasteiger charge is -2.48. The molecule has 1 spiro atoms. The molecule has 134 valence electrons. The van der Waals surface area contributed by atoms with Crippen LogP contribution in [0.15, 0.2) is 0 Å². The first-order chi connectivity index (χ1) is 11.6. The molecule has 0 saturated carbocycles. The third-order valence-electron chi connectivity index (χ3n) is 5.32. The van der Waals surface area contributed by atoms with Gasteiger partial charge in [-0.2, -0.15) is 5.10 Å². The van der Waals surface area contributed by atoms with Gasteiger partial charge in [-0.05, 0) is 25.8 Å². The molecule has 2 aliphatic heterocycles. The molecule has 3 heterocycles. The standard InChI is InChI=1S/C17H29N5O2/c1-3-14-18-15(20-19-14)11-21-8-4-6-17(12-21)7-5-16(23)22(13-17)9-10-24-2/h3-13H2,1-2H3,(H,18,19,20)/t17-/m1/s1. The van der Waals surface area contributed by atoms with Crippen LogP contribution in [-0.2, 0) is 22.5 Å². The molecule has 1 aromatic rings. The largest absolute Gasteiger partial charge is 0.383 e. The highest BCUT2D eigenvalue weighted by Crippen LogP contribution is 2.39. The number of amides is 1. The number of aromatic nitrogens is 3. The van der Waals surface area contributed by atoms with Crippen LogP contribution in [0.1, 0.15) is 44.3 Å². The van der Waals surface area contributed by atoms with Crippen LogP contribution in [0.3, 0.4) is 0 Å². The molecule has 1 atom stereocenters. The van der Waals surface area contributed by atoms with Crippen LogP contribution in [0.4, 0.5) is 0 Å². The van der Waals surface area contributed by atoms with Gasteiger partial charge >= 0.3 is 0 Å². The minimum Gasteiger partial charge on any atom is -0.383 e. The van der Waals surface area contributed by atoms with Crippen molar-refractivity contribution in [2.45, 2.75) is 45.6 Å². The highest BCUT2D eigenvalue weighted by atomic mass is 16.5. The fraction of sp³-hybridized carbons (Fsp3) is 0.824. The zero-order valence-corrected chi connectivity index (χ0v) is 14.9. The molecule has 0 radical (unpaired) electrons. The molecule has 2 saturated heterocycles. The maximum atomic E-state index is 12.2. The van der Waals surface area contributed by atoms with Gasteiger partial charge in [0.2, 0.25) is 5.91 Å². The van der Waals surface area contributed by atoms with E-state index in [9.17, 15) is 4.79 Å². The van der Waals surface area contributed by atoms with E-state index in [2.05, 4.69) is 27.0 Å². The van der Waals surface area contributed by atoms with E-state index in [0.29, 0.717) is 19.6 Å². The average Bonchev–Trinajstić information content (AvgIpc) is 3.04. The van der Waals surface area contributed by atoms with Crippen molar-refractivity contribution in [1.82, 2.24) is 25.0 Å². The van der Waals surface area contributed by atoms with Crippen molar-refractivity contribution in [3.63, 3.8) is 0 Å². The summed E-state index contributed by atoms with van der Waals surface area (Å²) in [6, 6.07) is 0. The molecule has 1 aromatic heterocycles. The van der Waals surface area contributed by atoms with Crippen molar-refractivity contribution in [2.24, 2.45) is 5.41 Å². The van der Waals surface area contributed by atoms with Gasteiger partial charge in [-0.3, -0.25) is 14.8 Å². The fourth-order valence-corrected chi connectivity index (χ4v) is 4.06. The van der Waals surface area contributed by atoms with Gasteiger partial charge in [-0.25, -0.2) is 4.98 Å². The quantitative estimate of drug-likeness (QED) is 0.846. The van der Waals surface area contributed by atoms with Crippen LogP contribution in [0.5, 0.6) is 0 Å². The number of nitrogens with zero attached hydrogens (tertiary/aromatic N) is 4. The number of likely N-dealkylation sites (tertiary alicyclic amines) is 2. The van der Waals surface area contributed by atoms with E-state index >= 15 is 0 Å². The molecule has 0 bridgehead atoms. The summed E-state index contributed by atoms with van der Waals surface area (Å²) in [6.07, 6.45) is 4.91. The Morgan fingerprint density at radius 1 is 1.33 bits per heavy atom. The minimum atomic E-state index is 0.230. The van der Waals surface area contributed by atoms with Crippen LogP contribution in [0.25, 0.3) is 0 Å². The number of methoxy groups -OCH3 is 1. The van der Waals surface area contributed by atoms with Crippen LogP contribution in [0.2, 0.25) is 0 Å². The second-order valence-corrected chi connectivity index (χ2v) is 7.17. The Kier molecular flexibility index (Phi) is 5.50. The Bertz CT molecular complexity index is 561. The number of H-pyrrole nitrogens is 1. The zero-order valence-electron chi connectivity index (χ0n) is 14.9. The van der Waals surface area contributed by atoms with Gasteiger partial charge in [0.15, 0.2) is 0 Å². The topological polar surface area (TPSA) is 74.4 Å². The molecule has 7 nitrogen and oxygen atoms in total. The highest BCUT2D eigenvalue weighted by Gasteiger charge is 2.41. The summed E-state index contributed by atoms with van der Waals surface area (Å²) in [5.41, 5.74) is 0.230. The molecule has 7 heteroatoms. The number of piperidine rings is 2.